The fourth-order valence-corrected chi connectivity index (χ4v) is 2.29. The minimum Gasteiger partial charge on any atom is -0.490 e. The molecule has 0 saturated carbocycles. The molecule has 0 aliphatic carbocycles. The van der Waals surface area contributed by atoms with Gasteiger partial charge < -0.3 is 10.1 Å². The van der Waals surface area contributed by atoms with Gasteiger partial charge >= 0.3 is 0 Å². The Labute approximate surface area is 112 Å². The number of hydrogen-bond donors (Lipinski definition) is 1. The topological polar surface area (TPSA) is 38.3 Å². The minimum atomic E-state index is -0.0893. The standard InChI is InChI=1S/C16H15NO2/c1-11-9-13-10-12(7-8-15(13)19-11)16(18)17-14-5-3-2-4-6-14/h2-8,10-11H,9H2,1H3,(H,17,18). The number of anilines is 1. The molecule has 1 aliphatic heterocycles. The van der Waals surface area contributed by atoms with Crippen LogP contribution in [0, 0.1) is 0 Å². The van der Waals surface area contributed by atoms with Gasteiger partial charge in [-0.3, -0.25) is 4.79 Å². The Balaban J connectivity index is 1.80. The second-order valence-electron chi connectivity index (χ2n) is 4.78. The van der Waals surface area contributed by atoms with Crippen LogP contribution in [0.25, 0.3) is 0 Å². The first-order chi connectivity index (χ1) is 9.22. The Morgan fingerprint density at radius 3 is 2.79 bits per heavy atom. The van der Waals surface area contributed by atoms with Crippen molar-refractivity contribution in [1.82, 2.24) is 0 Å². The first-order valence-corrected chi connectivity index (χ1v) is 6.38. The molecule has 3 rings (SSSR count). The van der Waals surface area contributed by atoms with E-state index in [0.717, 1.165) is 23.4 Å². The van der Waals surface area contributed by atoms with E-state index in [-0.39, 0.29) is 12.0 Å². The summed E-state index contributed by atoms with van der Waals surface area (Å²) in [6, 6.07) is 15.0. The number of hydrogen-bond acceptors (Lipinski definition) is 2. The van der Waals surface area contributed by atoms with Gasteiger partial charge in [-0.15, -0.1) is 0 Å². The number of carbonyl (C=O) groups is 1. The molecule has 1 unspecified atom stereocenters. The van der Waals surface area contributed by atoms with Crippen molar-refractivity contribution in [3.63, 3.8) is 0 Å². The predicted octanol–water partition coefficient (Wildman–Crippen LogP) is 3.26. The van der Waals surface area contributed by atoms with Crippen LogP contribution < -0.4 is 10.1 Å². The average molecular weight is 253 g/mol. The fraction of sp³-hybridized carbons (Fsp3) is 0.188. The molecule has 1 N–H and O–H groups in total. The third kappa shape index (κ3) is 2.45. The van der Waals surface area contributed by atoms with Crippen LogP contribution in [-0.4, -0.2) is 12.0 Å². The lowest BCUT2D eigenvalue weighted by atomic mass is 10.1. The van der Waals surface area contributed by atoms with Crippen LogP contribution in [0.4, 0.5) is 5.69 Å². The Bertz CT molecular complexity index is 607. The summed E-state index contributed by atoms with van der Waals surface area (Å²) in [4.78, 5) is 12.1. The molecule has 2 aromatic carbocycles. The molecule has 2 aromatic rings. The van der Waals surface area contributed by atoms with Crippen LogP contribution in [-0.2, 0) is 6.42 Å². The molecule has 19 heavy (non-hydrogen) atoms. The van der Waals surface area contributed by atoms with Crippen LogP contribution in [0.2, 0.25) is 0 Å². The van der Waals surface area contributed by atoms with Crippen LogP contribution in [0.15, 0.2) is 48.5 Å². The molecular weight excluding hydrogens is 238 g/mol. The number of ether oxygens (including phenoxy) is 1. The van der Waals surface area contributed by atoms with Crippen molar-refractivity contribution < 1.29 is 9.53 Å². The van der Waals surface area contributed by atoms with E-state index >= 15 is 0 Å². The van der Waals surface area contributed by atoms with E-state index in [1.165, 1.54) is 0 Å². The molecule has 0 saturated heterocycles. The molecule has 0 fully saturated rings. The van der Waals surface area contributed by atoms with Gasteiger partial charge in [-0.2, -0.15) is 0 Å². The number of amides is 1. The van der Waals surface area contributed by atoms with Crippen molar-refractivity contribution in [2.45, 2.75) is 19.4 Å². The maximum Gasteiger partial charge on any atom is 0.255 e. The zero-order valence-corrected chi connectivity index (χ0v) is 10.7. The van der Waals surface area contributed by atoms with Gasteiger partial charge in [0.15, 0.2) is 0 Å². The van der Waals surface area contributed by atoms with E-state index in [1.807, 2.05) is 49.4 Å². The second-order valence-corrected chi connectivity index (χ2v) is 4.78. The van der Waals surface area contributed by atoms with Gasteiger partial charge in [0.1, 0.15) is 11.9 Å². The molecule has 1 atom stereocenters. The molecule has 0 spiro atoms. The van der Waals surface area contributed by atoms with Crippen LogP contribution >= 0.6 is 0 Å². The third-order valence-electron chi connectivity index (χ3n) is 3.19. The minimum absolute atomic E-state index is 0.0893. The summed E-state index contributed by atoms with van der Waals surface area (Å²) in [5, 5.41) is 2.88. The molecule has 1 aliphatic rings. The van der Waals surface area contributed by atoms with Crippen molar-refractivity contribution in [2.75, 3.05) is 5.32 Å². The summed E-state index contributed by atoms with van der Waals surface area (Å²) in [6.45, 7) is 2.03. The molecule has 96 valence electrons. The highest BCUT2D eigenvalue weighted by molar-refractivity contribution is 6.04. The average Bonchev–Trinajstić information content (AvgIpc) is 2.78. The number of rotatable bonds is 2. The first kappa shape index (κ1) is 11.8. The SMILES string of the molecule is CC1Cc2cc(C(=O)Nc3ccccc3)ccc2O1. The largest absolute Gasteiger partial charge is 0.490 e. The maximum absolute atomic E-state index is 12.1. The van der Waals surface area contributed by atoms with E-state index in [4.69, 9.17) is 4.74 Å². The van der Waals surface area contributed by atoms with Gasteiger partial charge in [-0.25, -0.2) is 0 Å². The molecule has 0 aromatic heterocycles. The van der Waals surface area contributed by atoms with Crippen molar-refractivity contribution in [2.24, 2.45) is 0 Å². The third-order valence-corrected chi connectivity index (χ3v) is 3.19. The summed E-state index contributed by atoms with van der Waals surface area (Å²) in [5.74, 6) is 0.803. The van der Waals surface area contributed by atoms with Crippen LogP contribution in [0.3, 0.4) is 0 Å². The van der Waals surface area contributed by atoms with Crippen LogP contribution in [0.1, 0.15) is 22.8 Å². The van der Waals surface area contributed by atoms with Gasteiger partial charge in [0.05, 0.1) is 0 Å². The molecule has 3 heteroatoms. The van der Waals surface area contributed by atoms with Gasteiger partial charge in [0.25, 0.3) is 5.91 Å². The molecule has 3 nitrogen and oxygen atoms in total. The Morgan fingerprint density at radius 1 is 1.21 bits per heavy atom. The van der Waals surface area contributed by atoms with Crippen molar-refractivity contribution in [1.29, 1.82) is 0 Å². The van der Waals surface area contributed by atoms with E-state index in [2.05, 4.69) is 5.32 Å². The van der Waals surface area contributed by atoms with E-state index in [0.29, 0.717) is 5.56 Å². The van der Waals surface area contributed by atoms with Crippen molar-refractivity contribution in [3.8, 4) is 5.75 Å². The van der Waals surface area contributed by atoms with Gasteiger partial charge in [0.2, 0.25) is 0 Å². The lowest BCUT2D eigenvalue weighted by Gasteiger charge is -2.06. The Hall–Kier alpha value is -2.29. The van der Waals surface area contributed by atoms with Gasteiger partial charge in [-0.1, -0.05) is 18.2 Å². The zero-order valence-electron chi connectivity index (χ0n) is 10.7. The number of carbonyl (C=O) groups excluding carboxylic acids is 1. The molecule has 1 heterocycles. The maximum atomic E-state index is 12.1. The summed E-state index contributed by atoms with van der Waals surface area (Å²) >= 11 is 0. The molecule has 0 bridgehead atoms. The number of para-hydroxylation sites is 1. The van der Waals surface area contributed by atoms with Crippen molar-refractivity contribution in [3.05, 3.63) is 59.7 Å². The number of benzene rings is 2. The second kappa shape index (κ2) is 4.76. The fourth-order valence-electron chi connectivity index (χ4n) is 2.29. The quantitative estimate of drug-likeness (QED) is 0.892. The highest BCUT2D eigenvalue weighted by atomic mass is 16.5. The van der Waals surface area contributed by atoms with Crippen molar-refractivity contribution >= 4 is 11.6 Å². The van der Waals surface area contributed by atoms with Crippen LogP contribution in [0.5, 0.6) is 5.75 Å². The summed E-state index contributed by atoms with van der Waals surface area (Å²) in [7, 11) is 0. The number of fused-ring (bicyclic) bond motifs is 1. The lowest BCUT2D eigenvalue weighted by Crippen LogP contribution is -2.11. The summed E-state index contributed by atoms with van der Waals surface area (Å²) < 4.78 is 5.63. The molecule has 0 radical (unpaired) electrons. The Kier molecular flexibility index (Phi) is 2.95. The zero-order chi connectivity index (χ0) is 13.2. The highest BCUT2D eigenvalue weighted by Gasteiger charge is 2.20. The Morgan fingerprint density at radius 2 is 2.00 bits per heavy atom. The molecule has 1 amide bonds. The van der Waals surface area contributed by atoms with E-state index in [1.54, 1.807) is 6.07 Å². The summed E-state index contributed by atoms with van der Waals surface area (Å²) in [6.07, 6.45) is 1.06. The summed E-state index contributed by atoms with van der Waals surface area (Å²) in [5.41, 5.74) is 2.58. The van der Waals surface area contributed by atoms with Gasteiger partial charge in [0, 0.05) is 17.7 Å². The molecular formula is C16H15NO2. The van der Waals surface area contributed by atoms with Gasteiger partial charge in [-0.05, 0) is 42.8 Å². The smallest absolute Gasteiger partial charge is 0.255 e. The lowest BCUT2D eigenvalue weighted by molar-refractivity contribution is 0.102. The van der Waals surface area contributed by atoms with E-state index < -0.39 is 0 Å². The predicted molar refractivity (Wildman–Crippen MR) is 74.6 cm³/mol. The first-order valence-electron chi connectivity index (χ1n) is 6.38. The number of nitrogens with one attached hydrogen (secondary N) is 1. The van der Waals surface area contributed by atoms with E-state index in [9.17, 15) is 4.79 Å². The highest BCUT2D eigenvalue weighted by Crippen LogP contribution is 2.29. The normalized spacial score (nSPS) is 16.6. The monoisotopic (exact) mass is 253 g/mol.